The molecule has 1 saturated heterocycles. The Labute approximate surface area is 115 Å². The van der Waals surface area contributed by atoms with E-state index in [2.05, 4.69) is 31.9 Å². The van der Waals surface area contributed by atoms with E-state index < -0.39 is 0 Å². The lowest BCUT2D eigenvalue weighted by Crippen LogP contribution is -2.45. The maximum Gasteiger partial charge on any atom is 0.255 e. The van der Waals surface area contributed by atoms with E-state index in [1.807, 2.05) is 11.0 Å². The van der Waals surface area contributed by atoms with Crippen LogP contribution in [0.15, 0.2) is 13.6 Å². The summed E-state index contributed by atoms with van der Waals surface area (Å²) in [7, 11) is 0. The number of piperidine rings is 1. The van der Waals surface area contributed by atoms with E-state index in [1.54, 1.807) is 0 Å². The molecule has 1 aliphatic rings. The summed E-state index contributed by atoms with van der Waals surface area (Å²) in [5.74, 6) is 0.0731. The predicted octanol–water partition coefficient (Wildman–Crippen LogP) is 2.84. The van der Waals surface area contributed by atoms with E-state index >= 15 is 0 Å². The van der Waals surface area contributed by atoms with E-state index in [4.69, 9.17) is 5.73 Å². The first kappa shape index (κ1) is 12.5. The van der Waals surface area contributed by atoms with Crippen LogP contribution < -0.4 is 5.73 Å². The molecule has 3 nitrogen and oxygen atoms in total. The average Bonchev–Trinajstić information content (AvgIpc) is 2.57. The molecule has 1 aromatic rings. The van der Waals surface area contributed by atoms with Gasteiger partial charge >= 0.3 is 0 Å². The van der Waals surface area contributed by atoms with Crippen LogP contribution in [0.25, 0.3) is 0 Å². The van der Waals surface area contributed by atoms with Gasteiger partial charge in [0.2, 0.25) is 0 Å². The first-order valence-corrected chi connectivity index (χ1v) is 7.48. The quantitative estimate of drug-likeness (QED) is 0.829. The Bertz CT molecular complexity index is 408. The van der Waals surface area contributed by atoms with Crippen LogP contribution in [-0.4, -0.2) is 29.9 Å². The molecule has 0 aromatic carbocycles. The van der Waals surface area contributed by atoms with Crippen molar-refractivity contribution in [3.8, 4) is 0 Å². The SMILES string of the molecule is N[C@@H]1CCCN(C(=O)c2cc(Br)sc2Br)C1. The van der Waals surface area contributed by atoms with Gasteiger partial charge in [-0.2, -0.15) is 0 Å². The first-order chi connectivity index (χ1) is 7.58. The van der Waals surface area contributed by atoms with Gasteiger partial charge < -0.3 is 10.6 Å². The summed E-state index contributed by atoms with van der Waals surface area (Å²) in [6.45, 7) is 1.48. The maximum atomic E-state index is 12.2. The van der Waals surface area contributed by atoms with Crippen molar-refractivity contribution in [2.24, 2.45) is 5.73 Å². The van der Waals surface area contributed by atoms with Crippen LogP contribution in [0, 0.1) is 0 Å². The second-order valence-electron chi connectivity index (χ2n) is 3.89. The summed E-state index contributed by atoms with van der Waals surface area (Å²) in [6, 6.07) is 1.98. The lowest BCUT2D eigenvalue weighted by molar-refractivity contribution is 0.0708. The Morgan fingerprint density at radius 3 is 2.88 bits per heavy atom. The number of carbonyl (C=O) groups excluding carboxylic acids is 1. The van der Waals surface area contributed by atoms with Gasteiger partial charge in [0.15, 0.2) is 0 Å². The van der Waals surface area contributed by atoms with Crippen LogP contribution >= 0.6 is 43.2 Å². The van der Waals surface area contributed by atoms with E-state index in [1.165, 1.54) is 11.3 Å². The topological polar surface area (TPSA) is 46.3 Å². The molecule has 88 valence electrons. The van der Waals surface area contributed by atoms with Gasteiger partial charge in [0.05, 0.1) is 13.1 Å². The molecule has 1 aromatic heterocycles. The van der Waals surface area contributed by atoms with Crippen LogP contribution in [-0.2, 0) is 0 Å². The van der Waals surface area contributed by atoms with Crippen LogP contribution in [0.3, 0.4) is 0 Å². The van der Waals surface area contributed by atoms with Crippen molar-refractivity contribution >= 4 is 49.1 Å². The number of carbonyl (C=O) groups is 1. The van der Waals surface area contributed by atoms with Gasteiger partial charge in [0, 0.05) is 19.1 Å². The van der Waals surface area contributed by atoms with Crippen molar-refractivity contribution in [2.45, 2.75) is 18.9 Å². The summed E-state index contributed by atoms with van der Waals surface area (Å²) in [5, 5.41) is 0. The Kier molecular flexibility index (Phi) is 4.05. The highest BCUT2D eigenvalue weighted by molar-refractivity contribution is 9.12. The molecule has 1 amide bonds. The smallest absolute Gasteiger partial charge is 0.255 e. The monoisotopic (exact) mass is 366 g/mol. The summed E-state index contributed by atoms with van der Waals surface area (Å²) >= 11 is 8.31. The van der Waals surface area contributed by atoms with Crippen molar-refractivity contribution in [3.63, 3.8) is 0 Å². The van der Waals surface area contributed by atoms with E-state index in [0.29, 0.717) is 6.54 Å². The number of hydrogen-bond acceptors (Lipinski definition) is 3. The molecule has 0 aliphatic carbocycles. The molecule has 1 atom stereocenters. The number of thiophene rings is 1. The standard InChI is InChI=1S/C10H12Br2N2OS/c11-8-4-7(9(12)16-8)10(15)14-3-1-2-6(13)5-14/h4,6H,1-3,5,13H2/t6-/m1/s1. The number of likely N-dealkylation sites (tertiary alicyclic amines) is 1. The highest BCUT2D eigenvalue weighted by atomic mass is 79.9. The van der Waals surface area contributed by atoms with E-state index in [0.717, 1.165) is 32.5 Å². The molecule has 0 unspecified atom stereocenters. The van der Waals surface area contributed by atoms with Gasteiger partial charge in [-0.15, -0.1) is 11.3 Å². The molecule has 1 fully saturated rings. The van der Waals surface area contributed by atoms with Gasteiger partial charge in [-0.05, 0) is 50.8 Å². The summed E-state index contributed by atoms with van der Waals surface area (Å²) in [4.78, 5) is 14.0. The van der Waals surface area contributed by atoms with Crippen molar-refractivity contribution < 1.29 is 4.79 Å². The lowest BCUT2D eigenvalue weighted by Gasteiger charge is -2.30. The van der Waals surface area contributed by atoms with Crippen LogP contribution in [0.5, 0.6) is 0 Å². The van der Waals surface area contributed by atoms with Crippen LogP contribution in [0.4, 0.5) is 0 Å². The number of nitrogens with two attached hydrogens (primary N) is 1. The molecule has 0 spiro atoms. The fourth-order valence-corrected chi connectivity index (χ4v) is 4.63. The second kappa shape index (κ2) is 5.16. The zero-order valence-corrected chi connectivity index (χ0v) is 12.6. The highest BCUT2D eigenvalue weighted by Gasteiger charge is 2.24. The average molecular weight is 368 g/mol. The first-order valence-electron chi connectivity index (χ1n) is 5.07. The fraction of sp³-hybridized carbons (Fsp3) is 0.500. The minimum atomic E-state index is 0.0731. The Morgan fingerprint density at radius 2 is 2.31 bits per heavy atom. The van der Waals surface area contributed by atoms with Gasteiger partial charge in [-0.25, -0.2) is 0 Å². The van der Waals surface area contributed by atoms with Gasteiger partial charge in [0.25, 0.3) is 5.91 Å². The largest absolute Gasteiger partial charge is 0.337 e. The molecule has 0 saturated carbocycles. The van der Waals surface area contributed by atoms with Crippen LogP contribution in [0.1, 0.15) is 23.2 Å². The maximum absolute atomic E-state index is 12.2. The molecule has 0 radical (unpaired) electrons. The molecule has 1 aliphatic heterocycles. The van der Waals surface area contributed by atoms with Crippen molar-refractivity contribution in [1.82, 2.24) is 4.90 Å². The second-order valence-corrected chi connectivity index (χ2v) is 7.64. The third kappa shape index (κ3) is 2.67. The number of amides is 1. The third-order valence-corrected chi connectivity index (χ3v) is 4.97. The summed E-state index contributed by atoms with van der Waals surface area (Å²) in [5.41, 5.74) is 6.60. The zero-order valence-electron chi connectivity index (χ0n) is 8.58. The normalized spacial score (nSPS) is 21.2. The molecule has 6 heteroatoms. The molecule has 2 N–H and O–H groups in total. The Balaban J connectivity index is 2.15. The zero-order chi connectivity index (χ0) is 11.7. The van der Waals surface area contributed by atoms with Crippen molar-refractivity contribution in [2.75, 3.05) is 13.1 Å². The number of hydrogen-bond donors (Lipinski definition) is 1. The predicted molar refractivity (Wildman–Crippen MR) is 72.8 cm³/mol. The fourth-order valence-electron chi connectivity index (χ4n) is 1.85. The molecule has 16 heavy (non-hydrogen) atoms. The van der Waals surface area contributed by atoms with Crippen molar-refractivity contribution in [1.29, 1.82) is 0 Å². The van der Waals surface area contributed by atoms with Crippen LogP contribution in [0.2, 0.25) is 0 Å². The summed E-state index contributed by atoms with van der Waals surface area (Å²) < 4.78 is 1.84. The highest BCUT2D eigenvalue weighted by Crippen LogP contribution is 2.32. The lowest BCUT2D eigenvalue weighted by atomic mass is 10.1. The molecule has 0 bridgehead atoms. The molecule has 2 heterocycles. The Hall–Kier alpha value is 0.0900. The molecule has 2 rings (SSSR count). The minimum Gasteiger partial charge on any atom is -0.337 e. The van der Waals surface area contributed by atoms with Gasteiger partial charge in [0.1, 0.15) is 0 Å². The number of rotatable bonds is 1. The minimum absolute atomic E-state index is 0.0731. The molecular formula is C10H12Br2N2OS. The van der Waals surface area contributed by atoms with E-state index in [9.17, 15) is 4.79 Å². The van der Waals surface area contributed by atoms with E-state index in [-0.39, 0.29) is 11.9 Å². The Morgan fingerprint density at radius 1 is 1.56 bits per heavy atom. The summed E-state index contributed by atoms with van der Waals surface area (Å²) in [6.07, 6.45) is 2.01. The third-order valence-electron chi connectivity index (χ3n) is 2.63. The number of halogens is 2. The number of nitrogens with zero attached hydrogens (tertiary/aromatic N) is 1. The van der Waals surface area contributed by atoms with Gasteiger partial charge in [-0.3, -0.25) is 4.79 Å². The molecular weight excluding hydrogens is 356 g/mol. The van der Waals surface area contributed by atoms with Crippen molar-refractivity contribution in [3.05, 3.63) is 19.2 Å². The van der Waals surface area contributed by atoms with Gasteiger partial charge in [-0.1, -0.05) is 0 Å².